The van der Waals surface area contributed by atoms with Crippen molar-refractivity contribution in [2.24, 2.45) is 10.8 Å². The Bertz CT molecular complexity index is 1250. The SMILES string of the molecule is CC1(C)CC(=O)C2=C(C1)NC1=C(C(=O)CC(C)(C)C1)C2c1cccc(NC(=O)c2ccncc2)c1. The van der Waals surface area contributed by atoms with Gasteiger partial charge in [0.25, 0.3) is 5.91 Å². The molecule has 5 rings (SSSR count). The molecule has 2 aliphatic carbocycles. The summed E-state index contributed by atoms with van der Waals surface area (Å²) >= 11 is 0. The first-order chi connectivity index (χ1) is 16.5. The van der Waals surface area contributed by atoms with Crippen LogP contribution in [0.1, 0.15) is 75.2 Å². The molecule has 35 heavy (non-hydrogen) atoms. The molecule has 3 aliphatic rings. The summed E-state index contributed by atoms with van der Waals surface area (Å²) in [7, 11) is 0. The molecule has 2 heterocycles. The number of ketones is 2. The van der Waals surface area contributed by atoms with Gasteiger partial charge in [0, 0.05) is 64.9 Å². The van der Waals surface area contributed by atoms with Gasteiger partial charge in [-0.05, 0) is 53.5 Å². The van der Waals surface area contributed by atoms with Crippen LogP contribution >= 0.6 is 0 Å². The predicted octanol–water partition coefficient (Wildman–Crippen LogP) is 5.31. The molecule has 0 atom stereocenters. The van der Waals surface area contributed by atoms with Gasteiger partial charge in [0.1, 0.15) is 0 Å². The Morgan fingerprint density at radius 1 is 0.886 bits per heavy atom. The van der Waals surface area contributed by atoms with E-state index in [1.165, 1.54) is 0 Å². The largest absolute Gasteiger partial charge is 0.362 e. The van der Waals surface area contributed by atoms with E-state index in [2.05, 4.69) is 43.3 Å². The van der Waals surface area contributed by atoms with E-state index >= 15 is 0 Å². The number of hydrogen-bond donors (Lipinski definition) is 2. The van der Waals surface area contributed by atoms with Crippen molar-refractivity contribution in [1.82, 2.24) is 10.3 Å². The minimum absolute atomic E-state index is 0.0872. The third-order valence-electron chi connectivity index (χ3n) is 7.14. The summed E-state index contributed by atoms with van der Waals surface area (Å²) in [6.45, 7) is 8.45. The van der Waals surface area contributed by atoms with Crippen LogP contribution in [-0.2, 0) is 9.59 Å². The maximum Gasteiger partial charge on any atom is 0.255 e. The Morgan fingerprint density at radius 3 is 2.03 bits per heavy atom. The molecule has 6 nitrogen and oxygen atoms in total. The molecule has 6 heteroatoms. The van der Waals surface area contributed by atoms with Gasteiger partial charge in [-0.2, -0.15) is 0 Å². The van der Waals surface area contributed by atoms with Gasteiger partial charge in [0.2, 0.25) is 0 Å². The van der Waals surface area contributed by atoms with Crippen molar-refractivity contribution in [3.05, 3.63) is 82.5 Å². The number of pyridine rings is 1. The van der Waals surface area contributed by atoms with Crippen LogP contribution in [0.2, 0.25) is 0 Å². The lowest BCUT2D eigenvalue weighted by atomic mass is 9.64. The number of anilines is 1. The molecule has 0 bridgehead atoms. The summed E-state index contributed by atoms with van der Waals surface area (Å²) in [5.41, 5.74) is 4.98. The number of amides is 1. The lowest BCUT2D eigenvalue weighted by Gasteiger charge is -2.44. The van der Waals surface area contributed by atoms with Crippen molar-refractivity contribution in [3.8, 4) is 0 Å². The van der Waals surface area contributed by atoms with E-state index in [1.807, 2.05) is 24.3 Å². The molecule has 0 fully saturated rings. The maximum atomic E-state index is 13.5. The number of Topliss-reactive ketones (excluding diaryl/α,β-unsaturated/α-hetero) is 2. The molecule has 1 amide bonds. The second-order valence-electron chi connectivity index (χ2n) is 11.5. The van der Waals surface area contributed by atoms with Gasteiger partial charge in [-0.15, -0.1) is 0 Å². The second kappa shape index (κ2) is 8.29. The van der Waals surface area contributed by atoms with Gasteiger partial charge >= 0.3 is 0 Å². The molecule has 0 unspecified atom stereocenters. The lowest BCUT2D eigenvalue weighted by Crippen LogP contribution is -2.42. The Kier molecular flexibility index (Phi) is 5.50. The summed E-state index contributed by atoms with van der Waals surface area (Å²) in [5, 5.41) is 6.49. The van der Waals surface area contributed by atoms with Crippen molar-refractivity contribution in [2.45, 2.75) is 59.3 Å². The quantitative estimate of drug-likeness (QED) is 0.636. The van der Waals surface area contributed by atoms with Crippen LogP contribution in [0.3, 0.4) is 0 Å². The normalized spacial score (nSPS) is 21.3. The minimum Gasteiger partial charge on any atom is -0.362 e. The smallest absolute Gasteiger partial charge is 0.255 e. The number of dihydropyridines is 1. The topological polar surface area (TPSA) is 88.2 Å². The number of benzene rings is 1. The first-order valence-corrected chi connectivity index (χ1v) is 12.1. The van der Waals surface area contributed by atoms with Crippen LogP contribution in [0, 0.1) is 10.8 Å². The third-order valence-corrected chi connectivity index (χ3v) is 7.14. The van der Waals surface area contributed by atoms with Gasteiger partial charge in [-0.1, -0.05) is 39.8 Å². The molecule has 1 aromatic carbocycles. The predicted molar refractivity (Wildman–Crippen MR) is 135 cm³/mol. The van der Waals surface area contributed by atoms with Crippen LogP contribution < -0.4 is 10.6 Å². The number of aromatic nitrogens is 1. The highest BCUT2D eigenvalue weighted by atomic mass is 16.2. The summed E-state index contributed by atoms with van der Waals surface area (Å²) in [6.07, 6.45) is 5.57. The molecule has 180 valence electrons. The highest BCUT2D eigenvalue weighted by Crippen LogP contribution is 2.51. The molecule has 2 aromatic rings. The van der Waals surface area contributed by atoms with E-state index in [4.69, 9.17) is 0 Å². The highest BCUT2D eigenvalue weighted by molar-refractivity contribution is 6.07. The molecule has 1 aliphatic heterocycles. The van der Waals surface area contributed by atoms with Gasteiger partial charge in [-0.3, -0.25) is 19.4 Å². The Hall–Kier alpha value is -3.54. The number of nitrogens with zero attached hydrogens (tertiary/aromatic N) is 1. The van der Waals surface area contributed by atoms with E-state index in [1.54, 1.807) is 24.5 Å². The van der Waals surface area contributed by atoms with E-state index in [0.29, 0.717) is 35.2 Å². The molecule has 0 saturated heterocycles. The summed E-state index contributed by atoms with van der Waals surface area (Å²) in [4.78, 5) is 43.6. The fourth-order valence-electron chi connectivity index (χ4n) is 5.72. The van der Waals surface area contributed by atoms with Crippen molar-refractivity contribution in [3.63, 3.8) is 0 Å². The van der Waals surface area contributed by atoms with Crippen LogP contribution in [-0.4, -0.2) is 22.5 Å². The average molecular weight is 470 g/mol. The lowest BCUT2D eigenvalue weighted by molar-refractivity contribution is -0.119. The van der Waals surface area contributed by atoms with Crippen molar-refractivity contribution < 1.29 is 14.4 Å². The van der Waals surface area contributed by atoms with Crippen molar-refractivity contribution in [2.75, 3.05) is 5.32 Å². The van der Waals surface area contributed by atoms with E-state index < -0.39 is 5.92 Å². The summed E-state index contributed by atoms with van der Waals surface area (Å²) < 4.78 is 0. The Balaban J connectivity index is 1.58. The number of nitrogens with one attached hydrogen (secondary N) is 2. The standard InChI is InChI=1S/C29H31N3O3/c1-28(2)13-20-25(22(33)15-28)24(26-21(32-20)14-29(3,4)16-23(26)34)18-6-5-7-19(12-18)31-27(35)17-8-10-30-11-9-17/h5-12,24,32H,13-16H2,1-4H3,(H,31,35). The van der Waals surface area contributed by atoms with E-state index in [-0.39, 0.29) is 28.3 Å². The molecular weight excluding hydrogens is 438 g/mol. The highest BCUT2D eigenvalue weighted by Gasteiger charge is 2.46. The molecule has 0 saturated carbocycles. The van der Waals surface area contributed by atoms with Crippen molar-refractivity contribution >= 4 is 23.2 Å². The first-order valence-electron chi connectivity index (χ1n) is 12.1. The first kappa shape index (κ1) is 23.2. The maximum absolute atomic E-state index is 13.5. The third kappa shape index (κ3) is 4.45. The van der Waals surface area contributed by atoms with Gasteiger partial charge in [-0.25, -0.2) is 0 Å². The Labute approximate surface area is 205 Å². The fraction of sp³-hybridized carbons (Fsp3) is 0.379. The second-order valence-corrected chi connectivity index (χ2v) is 11.5. The minimum atomic E-state index is -0.425. The zero-order valence-electron chi connectivity index (χ0n) is 20.7. The summed E-state index contributed by atoms with van der Waals surface area (Å²) in [5.74, 6) is -0.486. The van der Waals surface area contributed by atoms with E-state index in [9.17, 15) is 14.4 Å². The number of carbonyl (C=O) groups is 3. The molecular formula is C29H31N3O3. The number of hydrogen-bond acceptors (Lipinski definition) is 5. The molecule has 2 N–H and O–H groups in total. The monoisotopic (exact) mass is 469 g/mol. The number of rotatable bonds is 3. The van der Waals surface area contributed by atoms with Gasteiger partial charge in [0.05, 0.1) is 0 Å². The number of carbonyl (C=O) groups excluding carboxylic acids is 3. The number of allylic oxidation sites excluding steroid dienone is 4. The van der Waals surface area contributed by atoms with Crippen LogP contribution in [0.15, 0.2) is 71.3 Å². The average Bonchev–Trinajstić information content (AvgIpc) is 2.76. The van der Waals surface area contributed by atoms with Crippen molar-refractivity contribution in [1.29, 1.82) is 0 Å². The van der Waals surface area contributed by atoms with Crippen LogP contribution in [0.25, 0.3) is 0 Å². The molecule has 1 aromatic heterocycles. The molecule has 0 spiro atoms. The van der Waals surface area contributed by atoms with Crippen LogP contribution in [0.4, 0.5) is 5.69 Å². The fourth-order valence-corrected chi connectivity index (χ4v) is 5.72. The van der Waals surface area contributed by atoms with Gasteiger partial charge < -0.3 is 10.6 Å². The zero-order chi connectivity index (χ0) is 25.0. The molecule has 0 radical (unpaired) electrons. The van der Waals surface area contributed by atoms with Crippen LogP contribution in [0.5, 0.6) is 0 Å². The van der Waals surface area contributed by atoms with E-state index in [0.717, 1.165) is 29.8 Å². The Morgan fingerprint density at radius 2 is 1.46 bits per heavy atom. The van der Waals surface area contributed by atoms with Gasteiger partial charge in [0.15, 0.2) is 11.6 Å². The zero-order valence-corrected chi connectivity index (χ0v) is 20.7. The summed E-state index contributed by atoms with van der Waals surface area (Å²) in [6, 6.07) is 10.9.